The zero-order valence-corrected chi connectivity index (χ0v) is 9.36. The van der Waals surface area contributed by atoms with E-state index in [4.69, 9.17) is 5.11 Å². The van der Waals surface area contributed by atoms with Crippen molar-refractivity contribution < 1.29 is 9.90 Å². The first-order valence-corrected chi connectivity index (χ1v) is 5.42. The fraction of sp³-hybridized carbons (Fsp3) is 0.417. The molecule has 4 heteroatoms. The fourth-order valence-electron chi connectivity index (χ4n) is 2.02. The van der Waals surface area contributed by atoms with Gasteiger partial charge in [0.1, 0.15) is 0 Å². The predicted octanol–water partition coefficient (Wildman–Crippen LogP) is 0.635. The molecule has 0 bridgehead atoms. The molecule has 0 saturated heterocycles. The fourth-order valence-corrected chi connectivity index (χ4v) is 2.02. The lowest BCUT2D eigenvalue weighted by Crippen LogP contribution is -2.31. The maximum atomic E-state index is 11.5. The Labute approximate surface area is 94.9 Å². The number of anilines is 1. The molecule has 0 saturated carbocycles. The average Bonchev–Trinajstić information content (AvgIpc) is 2.31. The Kier molecular flexibility index (Phi) is 3.22. The second kappa shape index (κ2) is 4.63. The minimum Gasteiger partial charge on any atom is -0.381 e. The van der Waals surface area contributed by atoms with Crippen molar-refractivity contribution in [1.29, 1.82) is 0 Å². The number of benzene rings is 1. The zero-order valence-electron chi connectivity index (χ0n) is 9.36. The van der Waals surface area contributed by atoms with Gasteiger partial charge in [-0.15, -0.1) is 0 Å². The van der Waals surface area contributed by atoms with Gasteiger partial charge in [0, 0.05) is 25.7 Å². The molecule has 1 aliphatic rings. The number of carbonyl (C=O) groups is 1. The minimum absolute atomic E-state index is 0.0184. The summed E-state index contributed by atoms with van der Waals surface area (Å²) in [4.78, 5) is 13.2. The Morgan fingerprint density at radius 2 is 2.25 bits per heavy atom. The lowest BCUT2D eigenvalue weighted by molar-refractivity contribution is -0.118. The van der Waals surface area contributed by atoms with E-state index in [0.717, 1.165) is 17.7 Å². The van der Waals surface area contributed by atoms with E-state index in [0.29, 0.717) is 13.0 Å². The molecule has 0 aliphatic carbocycles. The summed E-state index contributed by atoms with van der Waals surface area (Å²) in [6, 6.07) is 6.05. The zero-order chi connectivity index (χ0) is 11.5. The number of aliphatic hydroxyl groups excluding tert-OH is 1. The molecule has 2 N–H and O–H groups in total. The number of aryl methyl sites for hydroxylation is 1. The topological polar surface area (TPSA) is 52.6 Å². The number of nitrogens with one attached hydrogen (secondary N) is 1. The van der Waals surface area contributed by atoms with Crippen LogP contribution in [0.2, 0.25) is 0 Å². The third-order valence-corrected chi connectivity index (χ3v) is 2.93. The minimum atomic E-state index is -0.0184. The smallest absolute Gasteiger partial charge is 0.227 e. The molecule has 1 aromatic rings. The number of hydrogen-bond acceptors (Lipinski definition) is 3. The highest BCUT2D eigenvalue weighted by molar-refractivity contribution is 5.95. The highest BCUT2D eigenvalue weighted by atomic mass is 16.3. The lowest BCUT2D eigenvalue weighted by Gasteiger charge is -2.26. The van der Waals surface area contributed by atoms with Crippen LogP contribution >= 0.6 is 0 Å². The first-order valence-electron chi connectivity index (χ1n) is 5.42. The summed E-state index contributed by atoms with van der Waals surface area (Å²) in [7, 11) is 1.81. The van der Waals surface area contributed by atoms with E-state index in [1.165, 1.54) is 5.56 Å². The van der Waals surface area contributed by atoms with Crippen LogP contribution in [-0.2, 0) is 17.8 Å². The molecule has 0 aromatic heterocycles. The molecule has 0 unspecified atom stereocenters. The first-order chi connectivity index (χ1) is 7.72. The van der Waals surface area contributed by atoms with Gasteiger partial charge in [-0.25, -0.2) is 0 Å². The number of fused-ring (bicyclic) bond motifs is 1. The summed E-state index contributed by atoms with van der Waals surface area (Å²) >= 11 is 0. The summed E-state index contributed by atoms with van der Waals surface area (Å²) in [5.41, 5.74) is 3.35. The summed E-state index contributed by atoms with van der Waals surface area (Å²) in [6.07, 6.45) is 1.39. The number of nitrogens with zero attached hydrogens (tertiary/aromatic N) is 1. The van der Waals surface area contributed by atoms with E-state index in [-0.39, 0.29) is 12.6 Å². The number of carbonyl (C=O) groups excluding carboxylic acids is 1. The van der Waals surface area contributed by atoms with Gasteiger partial charge in [0.15, 0.2) is 0 Å². The molecule has 0 spiro atoms. The standard InChI is InChI=1S/C12H16N2O2/c1-14-11-4-2-9(7-13-8-15)6-10(11)3-5-12(14)16/h2,4,6,13,15H,3,5,7-8H2,1H3. The number of rotatable bonds is 3. The van der Waals surface area contributed by atoms with Gasteiger partial charge >= 0.3 is 0 Å². The molecule has 0 radical (unpaired) electrons. The van der Waals surface area contributed by atoms with E-state index < -0.39 is 0 Å². The number of aliphatic hydroxyl groups is 1. The van der Waals surface area contributed by atoms with Gasteiger partial charge in [0.25, 0.3) is 0 Å². The second-order valence-electron chi connectivity index (χ2n) is 4.00. The highest BCUT2D eigenvalue weighted by Gasteiger charge is 2.20. The molecule has 1 aliphatic heterocycles. The van der Waals surface area contributed by atoms with E-state index in [1.807, 2.05) is 19.2 Å². The predicted molar refractivity (Wildman–Crippen MR) is 62.1 cm³/mol. The summed E-state index contributed by atoms with van der Waals surface area (Å²) in [5.74, 6) is 0.175. The van der Waals surface area contributed by atoms with Gasteiger partial charge in [0.2, 0.25) is 5.91 Å². The van der Waals surface area contributed by atoms with Gasteiger partial charge in [-0.3, -0.25) is 10.1 Å². The van der Waals surface area contributed by atoms with Gasteiger partial charge in [0.05, 0.1) is 6.73 Å². The van der Waals surface area contributed by atoms with Crippen LogP contribution in [0.1, 0.15) is 17.5 Å². The Balaban J connectivity index is 2.23. The van der Waals surface area contributed by atoms with Crippen molar-refractivity contribution in [3.8, 4) is 0 Å². The van der Waals surface area contributed by atoms with Crippen LogP contribution in [0.15, 0.2) is 18.2 Å². The molecule has 2 rings (SSSR count). The first kappa shape index (κ1) is 11.1. The molecular weight excluding hydrogens is 204 g/mol. The number of amides is 1. The highest BCUT2D eigenvalue weighted by Crippen LogP contribution is 2.27. The van der Waals surface area contributed by atoms with Crippen molar-refractivity contribution in [3.63, 3.8) is 0 Å². The number of hydrogen-bond donors (Lipinski definition) is 2. The van der Waals surface area contributed by atoms with Gasteiger partial charge in [-0.2, -0.15) is 0 Å². The van der Waals surface area contributed by atoms with E-state index in [1.54, 1.807) is 4.90 Å². The van der Waals surface area contributed by atoms with Crippen LogP contribution in [0.5, 0.6) is 0 Å². The maximum absolute atomic E-state index is 11.5. The maximum Gasteiger partial charge on any atom is 0.227 e. The second-order valence-corrected chi connectivity index (χ2v) is 4.00. The molecule has 0 fully saturated rings. The monoisotopic (exact) mass is 220 g/mol. The van der Waals surface area contributed by atoms with Crippen LogP contribution in [-0.4, -0.2) is 24.8 Å². The van der Waals surface area contributed by atoms with Crippen molar-refractivity contribution in [2.75, 3.05) is 18.7 Å². The lowest BCUT2D eigenvalue weighted by atomic mass is 9.99. The van der Waals surface area contributed by atoms with Crippen LogP contribution in [0, 0.1) is 0 Å². The Hall–Kier alpha value is -1.39. The summed E-state index contributed by atoms with van der Waals surface area (Å²) in [6.45, 7) is 0.636. The molecule has 4 nitrogen and oxygen atoms in total. The summed E-state index contributed by atoms with van der Waals surface area (Å²) in [5, 5.41) is 11.5. The molecular formula is C12H16N2O2. The molecule has 1 heterocycles. The third-order valence-electron chi connectivity index (χ3n) is 2.93. The molecule has 86 valence electrons. The largest absolute Gasteiger partial charge is 0.381 e. The van der Waals surface area contributed by atoms with Crippen molar-refractivity contribution in [2.24, 2.45) is 0 Å². The van der Waals surface area contributed by atoms with Crippen molar-refractivity contribution in [2.45, 2.75) is 19.4 Å². The van der Waals surface area contributed by atoms with Gasteiger partial charge in [-0.1, -0.05) is 12.1 Å². The molecule has 1 aromatic carbocycles. The normalized spacial score (nSPS) is 15.1. The van der Waals surface area contributed by atoms with E-state index >= 15 is 0 Å². The Morgan fingerprint density at radius 3 is 3.00 bits per heavy atom. The van der Waals surface area contributed by atoms with Crippen LogP contribution < -0.4 is 10.2 Å². The molecule has 0 atom stereocenters. The Bertz CT molecular complexity index is 404. The van der Waals surface area contributed by atoms with Crippen molar-refractivity contribution >= 4 is 11.6 Å². The van der Waals surface area contributed by atoms with Crippen LogP contribution in [0.4, 0.5) is 5.69 Å². The van der Waals surface area contributed by atoms with Crippen molar-refractivity contribution in [3.05, 3.63) is 29.3 Å². The van der Waals surface area contributed by atoms with E-state index in [9.17, 15) is 4.79 Å². The molecule has 16 heavy (non-hydrogen) atoms. The summed E-state index contributed by atoms with van der Waals surface area (Å²) < 4.78 is 0. The SMILES string of the molecule is CN1C(=O)CCc2cc(CNCO)ccc21. The average molecular weight is 220 g/mol. The van der Waals surface area contributed by atoms with Gasteiger partial charge in [-0.05, 0) is 23.6 Å². The van der Waals surface area contributed by atoms with Gasteiger partial charge < -0.3 is 10.0 Å². The van der Waals surface area contributed by atoms with Crippen LogP contribution in [0.3, 0.4) is 0 Å². The Morgan fingerprint density at radius 1 is 1.44 bits per heavy atom. The van der Waals surface area contributed by atoms with Crippen molar-refractivity contribution in [1.82, 2.24) is 5.32 Å². The molecule has 1 amide bonds. The third kappa shape index (κ3) is 2.08. The van der Waals surface area contributed by atoms with Crippen LogP contribution in [0.25, 0.3) is 0 Å². The van der Waals surface area contributed by atoms with E-state index in [2.05, 4.69) is 11.4 Å². The quantitative estimate of drug-likeness (QED) is 0.735.